The Morgan fingerprint density at radius 1 is 1.21 bits per heavy atom. The maximum atomic E-state index is 12.8. The summed E-state index contributed by atoms with van der Waals surface area (Å²) in [6.45, 7) is 3.65. The summed E-state index contributed by atoms with van der Waals surface area (Å²) in [6, 6.07) is 9.48. The van der Waals surface area contributed by atoms with E-state index in [4.69, 9.17) is 9.15 Å². The molecule has 7 nitrogen and oxygen atoms in total. The van der Waals surface area contributed by atoms with Crippen molar-refractivity contribution in [3.63, 3.8) is 0 Å². The molecule has 0 spiro atoms. The van der Waals surface area contributed by atoms with Crippen LogP contribution in [0.4, 0.5) is 0 Å². The first-order valence-electron chi connectivity index (χ1n) is 9.78. The normalized spacial score (nSPS) is 18.6. The molecule has 1 fully saturated rings. The number of likely N-dealkylation sites (N-methyl/N-ethyl adjacent to an activating group) is 1. The highest BCUT2D eigenvalue weighted by Gasteiger charge is 2.47. The number of benzene rings is 1. The molecule has 1 amide bonds. The number of likely N-dealkylation sites (tertiary alicyclic amines) is 1. The van der Waals surface area contributed by atoms with Gasteiger partial charge < -0.3 is 24.1 Å². The number of carbonyl (C=O) groups is 2. The quantitative estimate of drug-likeness (QED) is 0.401. The second kappa shape index (κ2) is 8.96. The van der Waals surface area contributed by atoms with Gasteiger partial charge in [-0.15, -0.1) is 0 Å². The highest BCUT2D eigenvalue weighted by atomic mass is 16.5. The number of rotatable bonds is 8. The van der Waals surface area contributed by atoms with E-state index in [0.717, 1.165) is 11.3 Å². The molecule has 2 aromatic rings. The number of aliphatic hydroxyl groups excluding tert-OH is 1. The summed E-state index contributed by atoms with van der Waals surface area (Å²) in [5.74, 6) is -0.421. The minimum atomic E-state index is -0.750. The van der Waals surface area contributed by atoms with E-state index in [2.05, 4.69) is 0 Å². The molecular formula is C22H27N2O5+. The predicted molar refractivity (Wildman–Crippen MR) is 108 cm³/mol. The van der Waals surface area contributed by atoms with E-state index >= 15 is 0 Å². The molecule has 2 N–H and O–H groups in total. The van der Waals surface area contributed by atoms with Crippen molar-refractivity contribution in [2.45, 2.75) is 19.4 Å². The number of furan rings is 1. The summed E-state index contributed by atoms with van der Waals surface area (Å²) < 4.78 is 11.1. The van der Waals surface area contributed by atoms with E-state index in [-0.39, 0.29) is 11.3 Å². The van der Waals surface area contributed by atoms with Crippen LogP contribution in [0.1, 0.15) is 30.7 Å². The molecule has 154 valence electrons. The number of Topliss-reactive ketones (excluding diaryl/α,β-unsaturated/α-hetero) is 1. The molecule has 0 unspecified atom stereocenters. The minimum Gasteiger partial charge on any atom is -0.507 e. The average Bonchev–Trinajstić information content (AvgIpc) is 3.32. The van der Waals surface area contributed by atoms with Crippen LogP contribution < -0.4 is 9.64 Å². The molecule has 1 aromatic carbocycles. The molecule has 0 radical (unpaired) electrons. The Balaban J connectivity index is 1.99. The largest absolute Gasteiger partial charge is 0.507 e. The van der Waals surface area contributed by atoms with Gasteiger partial charge in [-0.2, -0.15) is 0 Å². The SMILES string of the molecule is CCCOc1ccc(C(O)=C2C(=O)C(=O)N(CC[NH+](C)C)[C@@H]2c2ccco2)cc1. The Labute approximate surface area is 170 Å². The molecular weight excluding hydrogens is 372 g/mol. The molecule has 1 saturated heterocycles. The predicted octanol–water partition coefficient (Wildman–Crippen LogP) is 1.63. The van der Waals surface area contributed by atoms with Gasteiger partial charge in [0.2, 0.25) is 0 Å². The van der Waals surface area contributed by atoms with Crippen molar-refractivity contribution < 1.29 is 28.7 Å². The summed E-state index contributed by atoms with van der Waals surface area (Å²) in [5, 5.41) is 10.9. The van der Waals surface area contributed by atoms with Gasteiger partial charge in [-0.25, -0.2) is 0 Å². The van der Waals surface area contributed by atoms with Crippen LogP contribution in [0, 0.1) is 0 Å². The van der Waals surface area contributed by atoms with Crippen LogP contribution in [0.3, 0.4) is 0 Å². The molecule has 1 aliphatic rings. The van der Waals surface area contributed by atoms with Crippen molar-refractivity contribution >= 4 is 17.4 Å². The molecule has 1 aromatic heterocycles. The van der Waals surface area contributed by atoms with Gasteiger partial charge in [0.05, 0.1) is 45.6 Å². The summed E-state index contributed by atoms with van der Waals surface area (Å²) in [6.07, 6.45) is 2.38. The number of ketones is 1. The molecule has 2 heterocycles. The lowest BCUT2D eigenvalue weighted by atomic mass is 9.99. The second-order valence-electron chi connectivity index (χ2n) is 7.34. The van der Waals surface area contributed by atoms with Crippen LogP contribution >= 0.6 is 0 Å². The molecule has 29 heavy (non-hydrogen) atoms. The lowest BCUT2D eigenvalue weighted by Crippen LogP contribution is -3.06. The highest BCUT2D eigenvalue weighted by molar-refractivity contribution is 6.46. The van der Waals surface area contributed by atoms with Gasteiger partial charge in [0.25, 0.3) is 11.7 Å². The van der Waals surface area contributed by atoms with Crippen LogP contribution in [-0.4, -0.2) is 55.5 Å². The van der Waals surface area contributed by atoms with Gasteiger partial charge in [-0.3, -0.25) is 9.59 Å². The third kappa shape index (κ3) is 4.35. The van der Waals surface area contributed by atoms with Crippen LogP contribution in [-0.2, 0) is 9.59 Å². The van der Waals surface area contributed by atoms with Crippen molar-refractivity contribution in [2.75, 3.05) is 33.8 Å². The van der Waals surface area contributed by atoms with Crippen molar-refractivity contribution in [2.24, 2.45) is 0 Å². The van der Waals surface area contributed by atoms with Crippen molar-refractivity contribution in [3.8, 4) is 5.75 Å². The second-order valence-corrected chi connectivity index (χ2v) is 7.34. The van der Waals surface area contributed by atoms with Gasteiger partial charge >= 0.3 is 0 Å². The monoisotopic (exact) mass is 399 g/mol. The average molecular weight is 399 g/mol. The molecule has 1 aliphatic heterocycles. The maximum absolute atomic E-state index is 12.8. The first kappa shape index (κ1) is 20.7. The maximum Gasteiger partial charge on any atom is 0.295 e. The standard InChI is InChI=1S/C22H26N2O5/c1-4-13-28-16-9-7-15(8-10-16)20(25)18-19(17-6-5-14-29-17)24(12-11-23(2)3)22(27)21(18)26/h5-10,14,19,25H,4,11-13H2,1-3H3/p+1/t19-/m1/s1. The fraction of sp³-hybridized carbons (Fsp3) is 0.364. The highest BCUT2D eigenvalue weighted by Crippen LogP contribution is 2.39. The van der Waals surface area contributed by atoms with Crippen molar-refractivity contribution in [3.05, 3.63) is 59.6 Å². The fourth-order valence-corrected chi connectivity index (χ4v) is 3.28. The Morgan fingerprint density at radius 3 is 2.52 bits per heavy atom. The first-order chi connectivity index (χ1) is 13.9. The van der Waals surface area contributed by atoms with Gasteiger partial charge in [-0.05, 0) is 42.8 Å². The van der Waals surface area contributed by atoms with E-state index in [1.54, 1.807) is 36.4 Å². The molecule has 0 bridgehead atoms. The third-order valence-corrected chi connectivity index (χ3v) is 4.81. The number of amides is 1. The number of ether oxygens (including phenoxy) is 1. The van der Waals surface area contributed by atoms with E-state index in [1.807, 2.05) is 21.0 Å². The Bertz CT molecular complexity index is 884. The summed E-state index contributed by atoms with van der Waals surface area (Å²) >= 11 is 0. The number of nitrogens with zero attached hydrogens (tertiary/aromatic N) is 1. The van der Waals surface area contributed by atoms with Crippen molar-refractivity contribution in [1.82, 2.24) is 4.90 Å². The molecule has 0 aliphatic carbocycles. The number of quaternary nitrogens is 1. The van der Waals surface area contributed by atoms with Crippen LogP contribution in [0.5, 0.6) is 5.75 Å². The smallest absolute Gasteiger partial charge is 0.295 e. The lowest BCUT2D eigenvalue weighted by molar-refractivity contribution is -0.857. The minimum absolute atomic E-state index is 0.0425. The first-order valence-corrected chi connectivity index (χ1v) is 9.78. The Morgan fingerprint density at radius 2 is 1.93 bits per heavy atom. The van der Waals surface area contributed by atoms with Crippen molar-refractivity contribution in [1.29, 1.82) is 0 Å². The van der Waals surface area contributed by atoms with Crippen LogP contribution in [0.15, 0.2) is 52.7 Å². The zero-order valence-corrected chi connectivity index (χ0v) is 17.0. The van der Waals surface area contributed by atoms with E-state index in [1.165, 1.54) is 11.2 Å². The Hall–Kier alpha value is -3.06. The van der Waals surface area contributed by atoms with Gasteiger partial charge in [0, 0.05) is 5.56 Å². The molecule has 0 saturated carbocycles. The topological polar surface area (TPSA) is 84.4 Å². The fourth-order valence-electron chi connectivity index (χ4n) is 3.28. The molecule has 1 atom stereocenters. The summed E-state index contributed by atoms with van der Waals surface area (Å²) in [7, 11) is 3.95. The number of hydrogen-bond acceptors (Lipinski definition) is 5. The third-order valence-electron chi connectivity index (χ3n) is 4.81. The zero-order chi connectivity index (χ0) is 21.0. The van der Waals surface area contributed by atoms with Gasteiger partial charge in [0.15, 0.2) is 0 Å². The summed E-state index contributed by atoms with van der Waals surface area (Å²) in [5.41, 5.74) is 0.488. The van der Waals surface area contributed by atoms with Gasteiger partial charge in [0.1, 0.15) is 23.3 Å². The van der Waals surface area contributed by atoms with Crippen LogP contribution in [0.25, 0.3) is 5.76 Å². The number of nitrogens with one attached hydrogen (secondary N) is 1. The summed E-state index contributed by atoms with van der Waals surface area (Å²) in [4.78, 5) is 28.1. The number of carbonyl (C=O) groups excluding carboxylic acids is 2. The lowest BCUT2D eigenvalue weighted by Gasteiger charge is -2.23. The zero-order valence-electron chi connectivity index (χ0n) is 17.0. The van der Waals surface area contributed by atoms with Gasteiger partial charge in [-0.1, -0.05) is 6.92 Å². The van der Waals surface area contributed by atoms with E-state index in [0.29, 0.717) is 36.8 Å². The Kier molecular flexibility index (Phi) is 6.39. The molecule has 3 rings (SSSR count). The number of hydrogen-bond donors (Lipinski definition) is 2. The number of aliphatic hydroxyl groups is 1. The molecule has 7 heteroatoms. The van der Waals surface area contributed by atoms with E-state index in [9.17, 15) is 14.7 Å². The van der Waals surface area contributed by atoms with E-state index < -0.39 is 17.7 Å². The van der Waals surface area contributed by atoms with Crippen LogP contribution in [0.2, 0.25) is 0 Å².